The molecule has 1 aromatic rings. The zero-order chi connectivity index (χ0) is 14.4. The summed E-state index contributed by atoms with van der Waals surface area (Å²) in [5.41, 5.74) is 0.205. The van der Waals surface area contributed by atoms with E-state index in [-0.39, 0.29) is 22.9 Å². The van der Waals surface area contributed by atoms with Crippen LogP contribution in [0.4, 0.5) is 0 Å². The number of hydrogen-bond donors (Lipinski definition) is 1. The molecule has 0 aromatic carbocycles. The molecule has 8 heteroatoms. The van der Waals surface area contributed by atoms with E-state index in [0.717, 1.165) is 0 Å². The minimum absolute atomic E-state index is 0.00413. The fourth-order valence-electron chi connectivity index (χ4n) is 1.57. The van der Waals surface area contributed by atoms with E-state index in [4.69, 9.17) is 9.26 Å². The highest BCUT2D eigenvalue weighted by atomic mass is 32.2. The molecule has 0 spiro atoms. The number of nitrogens with one attached hydrogen (secondary N) is 1. The van der Waals surface area contributed by atoms with Gasteiger partial charge in [-0.25, -0.2) is 0 Å². The molecule has 1 heterocycles. The Labute approximate surface area is 118 Å². The summed E-state index contributed by atoms with van der Waals surface area (Å²) in [5, 5.41) is 5.93. The molecule has 1 aliphatic carbocycles. The van der Waals surface area contributed by atoms with Gasteiger partial charge in [0.2, 0.25) is 23.7 Å². The van der Waals surface area contributed by atoms with Crippen LogP contribution in [0.5, 0.6) is 0 Å². The lowest BCUT2D eigenvalue weighted by Gasteiger charge is -2.09. The van der Waals surface area contributed by atoms with E-state index in [9.17, 15) is 14.4 Å². The van der Waals surface area contributed by atoms with Crippen LogP contribution in [0.2, 0.25) is 0 Å². The minimum atomic E-state index is -0.351. The number of amides is 1. The van der Waals surface area contributed by atoms with Crippen LogP contribution >= 0.6 is 11.8 Å². The lowest BCUT2D eigenvalue weighted by atomic mass is 10.0. The zero-order valence-electron chi connectivity index (χ0n) is 10.5. The summed E-state index contributed by atoms with van der Waals surface area (Å²) in [5.74, 6) is -0.0771. The normalized spacial score (nSPS) is 13.9. The summed E-state index contributed by atoms with van der Waals surface area (Å²) >= 11 is 1.25. The van der Waals surface area contributed by atoms with Crippen LogP contribution in [0.1, 0.15) is 20.9 Å². The Balaban J connectivity index is 1.78. The smallest absolute Gasteiger partial charge is 0.225 e. The first-order chi connectivity index (χ1) is 9.74. The molecule has 0 bridgehead atoms. The Kier molecular flexibility index (Phi) is 5.08. The standard InChI is InChI=1S/C12H12N2O5S/c15-7-13-1-2-18-3-4-20-10-5-9(16)12-8(11(10)17)6-14-19-12/h5-7H,1-4H2,(H,13,15). The molecule has 0 saturated heterocycles. The maximum Gasteiger partial charge on any atom is 0.225 e. The van der Waals surface area contributed by atoms with Crippen LogP contribution in [0.3, 0.4) is 0 Å². The zero-order valence-corrected chi connectivity index (χ0v) is 11.3. The van der Waals surface area contributed by atoms with Crippen molar-refractivity contribution in [1.29, 1.82) is 0 Å². The topological polar surface area (TPSA) is 98.5 Å². The van der Waals surface area contributed by atoms with E-state index < -0.39 is 0 Å². The van der Waals surface area contributed by atoms with E-state index in [0.29, 0.717) is 36.8 Å². The van der Waals surface area contributed by atoms with Gasteiger partial charge >= 0.3 is 0 Å². The monoisotopic (exact) mass is 296 g/mol. The highest BCUT2D eigenvalue weighted by Crippen LogP contribution is 2.27. The Hall–Kier alpha value is -1.93. The Morgan fingerprint density at radius 3 is 3.05 bits per heavy atom. The first-order valence-corrected chi connectivity index (χ1v) is 6.85. The van der Waals surface area contributed by atoms with Gasteiger partial charge in [-0.2, -0.15) is 0 Å². The van der Waals surface area contributed by atoms with Crippen molar-refractivity contribution in [3.8, 4) is 0 Å². The molecule has 0 unspecified atom stereocenters. The number of allylic oxidation sites excluding steroid dienone is 2. The predicted octanol–water partition coefficient (Wildman–Crippen LogP) is 0.433. The van der Waals surface area contributed by atoms with Crippen molar-refractivity contribution in [2.75, 3.05) is 25.5 Å². The average molecular weight is 296 g/mol. The number of Topliss-reactive ketones (excluding diaryl/α,β-unsaturated/α-hetero) is 1. The van der Waals surface area contributed by atoms with Crippen LogP contribution in [0, 0.1) is 0 Å². The third-order valence-electron chi connectivity index (χ3n) is 2.48. The van der Waals surface area contributed by atoms with E-state index in [1.54, 1.807) is 0 Å². The SMILES string of the molecule is O=CNCCOCCSC1=CC(=O)c2oncc2C1=O. The molecule has 0 fully saturated rings. The molecule has 106 valence electrons. The number of rotatable bonds is 8. The predicted molar refractivity (Wildman–Crippen MR) is 70.6 cm³/mol. The van der Waals surface area contributed by atoms with E-state index in [2.05, 4.69) is 10.5 Å². The van der Waals surface area contributed by atoms with Gasteiger partial charge in [0.25, 0.3) is 0 Å². The Morgan fingerprint density at radius 2 is 2.25 bits per heavy atom. The number of nitrogens with zero attached hydrogens (tertiary/aromatic N) is 1. The highest BCUT2D eigenvalue weighted by Gasteiger charge is 2.29. The molecule has 1 N–H and O–H groups in total. The molecular formula is C12H12N2O5S. The molecule has 7 nitrogen and oxygen atoms in total. The highest BCUT2D eigenvalue weighted by molar-refractivity contribution is 8.04. The molecule has 1 aliphatic rings. The fraction of sp³-hybridized carbons (Fsp3) is 0.333. The second-order valence-corrected chi connectivity index (χ2v) is 4.94. The second-order valence-electron chi connectivity index (χ2n) is 3.80. The lowest BCUT2D eigenvalue weighted by molar-refractivity contribution is -0.109. The largest absolute Gasteiger partial charge is 0.379 e. The van der Waals surface area contributed by atoms with Crippen molar-refractivity contribution in [2.45, 2.75) is 0 Å². The third kappa shape index (κ3) is 3.34. The molecule has 1 aromatic heterocycles. The molecular weight excluding hydrogens is 284 g/mol. The van der Waals surface area contributed by atoms with Crippen molar-refractivity contribution < 1.29 is 23.6 Å². The quantitative estimate of drug-likeness (QED) is 0.548. The van der Waals surface area contributed by atoms with Crippen molar-refractivity contribution in [2.24, 2.45) is 0 Å². The van der Waals surface area contributed by atoms with E-state index in [1.165, 1.54) is 24.0 Å². The summed E-state index contributed by atoms with van der Waals surface area (Å²) in [6, 6.07) is 0. The van der Waals surface area contributed by atoms with Crippen molar-refractivity contribution in [1.82, 2.24) is 10.5 Å². The first kappa shape index (κ1) is 14.5. The lowest BCUT2D eigenvalue weighted by Crippen LogP contribution is -2.18. The van der Waals surface area contributed by atoms with Gasteiger partial charge in [0.15, 0.2) is 0 Å². The van der Waals surface area contributed by atoms with Gasteiger partial charge in [-0.1, -0.05) is 5.16 Å². The van der Waals surface area contributed by atoms with Crippen LogP contribution in [-0.4, -0.2) is 48.6 Å². The molecule has 20 heavy (non-hydrogen) atoms. The van der Waals surface area contributed by atoms with Crippen LogP contribution in [0.25, 0.3) is 0 Å². The van der Waals surface area contributed by atoms with E-state index >= 15 is 0 Å². The Morgan fingerprint density at radius 1 is 1.40 bits per heavy atom. The van der Waals surface area contributed by atoms with E-state index in [1.807, 2.05) is 0 Å². The van der Waals surface area contributed by atoms with Crippen LogP contribution in [-0.2, 0) is 9.53 Å². The van der Waals surface area contributed by atoms with Gasteiger partial charge in [-0.3, -0.25) is 14.4 Å². The summed E-state index contributed by atoms with van der Waals surface area (Å²) in [6.07, 6.45) is 3.12. The second kappa shape index (κ2) is 7.01. The van der Waals surface area contributed by atoms with Gasteiger partial charge < -0.3 is 14.6 Å². The summed E-state index contributed by atoms with van der Waals surface area (Å²) < 4.78 is 9.98. The maximum atomic E-state index is 12.0. The molecule has 0 aliphatic heterocycles. The van der Waals surface area contributed by atoms with Gasteiger partial charge in [-0.05, 0) is 0 Å². The number of thioether (sulfide) groups is 1. The first-order valence-electron chi connectivity index (χ1n) is 5.87. The number of carbonyl (C=O) groups is 3. The Bertz CT molecular complexity index is 552. The van der Waals surface area contributed by atoms with Crippen molar-refractivity contribution in [3.05, 3.63) is 28.5 Å². The average Bonchev–Trinajstić information content (AvgIpc) is 2.93. The minimum Gasteiger partial charge on any atom is -0.379 e. The number of carbonyl (C=O) groups excluding carboxylic acids is 3. The molecule has 0 saturated carbocycles. The maximum absolute atomic E-state index is 12.0. The molecule has 0 atom stereocenters. The van der Waals surface area contributed by atoms with Crippen molar-refractivity contribution in [3.63, 3.8) is 0 Å². The third-order valence-corrected chi connectivity index (χ3v) is 3.47. The van der Waals surface area contributed by atoms with Crippen LogP contribution in [0.15, 0.2) is 21.7 Å². The molecule has 1 amide bonds. The number of ether oxygens (including phenoxy) is 1. The van der Waals surface area contributed by atoms with Gasteiger partial charge in [0.05, 0.1) is 29.9 Å². The van der Waals surface area contributed by atoms with Gasteiger partial charge in [0.1, 0.15) is 0 Å². The van der Waals surface area contributed by atoms with Crippen LogP contribution < -0.4 is 5.32 Å². The summed E-state index contributed by atoms with van der Waals surface area (Å²) in [6.45, 7) is 1.26. The number of hydrogen-bond acceptors (Lipinski definition) is 7. The molecule has 2 rings (SSSR count). The van der Waals surface area contributed by atoms with Gasteiger partial charge in [-0.15, -0.1) is 11.8 Å². The number of aromatic nitrogens is 1. The number of ketones is 2. The fourth-order valence-corrected chi connectivity index (χ4v) is 2.42. The number of fused-ring (bicyclic) bond motifs is 1. The summed E-state index contributed by atoms with van der Waals surface area (Å²) in [4.78, 5) is 34.0. The molecule has 0 radical (unpaired) electrons. The van der Waals surface area contributed by atoms with Gasteiger partial charge in [0, 0.05) is 18.4 Å². The van der Waals surface area contributed by atoms with Crippen molar-refractivity contribution >= 4 is 29.7 Å². The summed E-state index contributed by atoms with van der Waals surface area (Å²) in [7, 11) is 0.